The van der Waals surface area contributed by atoms with Gasteiger partial charge < -0.3 is 4.57 Å². The molecule has 24 heavy (non-hydrogen) atoms. The Balaban J connectivity index is 1.56. The summed E-state index contributed by atoms with van der Waals surface area (Å²) in [7, 11) is 1.93. The first-order valence-electron chi connectivity index (χ1n) is 7.64. The van der Waals surface area contributed by atoms with Gasteiger partial charge in [0.25, 0.3) is 0 Å². The van der Waals surface area contributed by atoms with E-state index in [1.807, 2.05) is 35.9 Å². The van der Waals surface area contributed by atoms with Gasteiger partial charge in [-0.05, 0) is 48.6 Å². The van der Waals surface area contributed by atoms with Gasteiger partial charge in [-0.2, -0.15) is 4.99 Å². The Morgan fingerprint density at radius 3 is 2.71 bits per heavy atom. The van der Waals surface area contributed by atoms with Crippen LogP contribution in [0, 0.1) is 5.82 Å². The minimum absolute atomic E-state index is 0.100. The standard InChI is InChI=1S/C18H17FN2OS2/c1-21-15-5-2-3-6-16(15)24-18(21)20-17(22)7-4-12-23-14-10-8-13(19)9-11-14/h2-3,5-6,8-11H,4,7,12H2,1H3. The molecule has 0 saturated carbocycles. The summed E-state index contributed by atoms with van der Waals surface area (Å²) in [6.45, 7) is 0. The van der Waals surface area contributed by atoms with E-state index in [4.69, 9.17) is 0 Å². The lowest BCUT2D eigenvalue weighted by molar-refractivity contribution is -0.118. The number of fused-ring (bicyclic) bond motifs is 1. The smallest absolute Gasteiger partial charge is 0.248 e. The van der Waals surface area contributed by atoms with Gasteiger partial charge in [-0.15, -0.1) is 11.8 Å². The molecule has 0 radical (unpaired) electrons. The lowest BCUT2D eigenvalue weighted by Gasteiger charge is -2.00. The number of hydrogen-bond acceptors (Lipinski definition) is 3. The summed E-state index contributed by atoms with van der Waals surface area (Å²) in [5.41, 5.74) is 1.08. The van der Waals surface area contributed by atoms with Gasteiger partial charge in [-0.3, -0.25) is 4.79 Å². The molecule has 1 amide bonds. The number of rotatable bonds is 5. The predicted molar refractivity (Wildman–Crippen MR) is 97.7 cm³/mol. The third-order valence-corrected chi connectivity index (χ3v) is 5.76. The van der Waals surface area contributed by atoms with E-state index >= 15 is 0 Å². The van der Waals surface area contributed by atoms with E-state index in [0.29, 0.717) is 6.42 Å². The van der Waals surface area contributed by atoms with E-state index in [9.17, 15) is 9.18 Å². The van der Waals surface area contributed by atoms with Crippen molar-refractivity contribution in [3.05, 3.63) is 59.1 Å². The number of nitrogens with zero attached hydrogens (tertiary/aromatic N) is 2. The van der Waals surface area contributed by atoms with Crippen LogP contribution in [0.1, 0.15) is 12.8 Å². The summed E-state index contributed by atoms with van der Waals surface area (Å²) in [4.78, 5) is 18.0. The van der Waals surface area contributed by atoms with E-state index in [0.717, 1.165) is 32.1 Å². The molecule has 1 aromatic heterocycles. The van der Waals surface area contributed by atoms with Gasteiger partial charge in [0.15, 0.2) is 4.80 Å². The second-order valence-electron chi connectivity index (χ2n) is 5.32. The number of benzene rings is 2. The highest BCUT2D eigenvalue weighted by Gasteiger charge is 2.05. The molecule has 0 bridgehead atoms. The minimum atomic E-state index is -0.232. The molecule has 0 aliphatic heterocycles. The number of carbonyl (C=O) groups is 1. The molecule has 3 aromatic rings. The first kappa shape index (κ1) is 16.9. The van der Waals surface area contributed by atoms with Gasteiger partial charge in [0.05, 0.1) is 10.2 Å². The molecular formula is C18H17FN2OS2. The average molecular weight is 360 g/mol. The molecule has 0 spiro atoms. The summed E-state index contributed by atoms with van der Waals surface area (Å²) >= 11 is 3.15. The SMILES string of the molecule is Cn1c(=NC(=O)CCCSc2ccc(F)cc2)sc2ccccc21. The van der Waals surface area contributed by atoms with Gasteiger partial charge in [0.1, 0.15) is 5.82 Å². The van der Waals surface area contributed by atoms with Crippen LogP contribution in [0.25, 0.3) is 10.2 Å². The third-order valence-electron chi connectivity index (χ3n) is 3.55. The fourth-order valence-corrected chi connectivity index (χ4v) is 4.18. The number of thioether (sulfide) groups is 1. The maximum atomic E-state index is 12.8. The van der Waals surface area contributed by atoms with E-state index in [1.54, 1.807) is 23.9 Å². The quantitative estimate of drug-likeness (QED) is 0.500. The Hall–Kier alpha value is -1.92. The lowest BCUT2D eigenvalue weighted by atomic mass is 10.3. The van der Waals surface area contributed by atoms with Crippen LogP contribution in [-0.4, -0.2) is 16.2 Å². The van der Waals surface area contributed by atoms with Gasteiger partial charge in [0.2, 0.25) is 5.91 Å². The van der Waals surface area contributed by atoms with Crippen LogP contribution in [0.4, 0.5) is 4.39 Å². The topological polar surface area (TPSA) is 34.4 Å². The Bertz CT molecular complexity index is 913. The van der Waals surface area contributed by atoms with Crippen LogP contribution < -0.4 is 4.80 Å². The van der Waals surface area contributed by atoms with Crippen molar-refractivity contribution in [1.82, 2.24) is 4.57 Å². The zero-order chi connectivity index (χ0) is 16.9. The minimum Gasteiger partial charge on any atom is -0.319 e. The fraction of sp³-hybridized carbons (Fsp3) is 0.222. The second kappa shape index (κ2) is 7.77. The molecule has 0 aliphatic rings. The Labute approximate surface area is 147 Å². The molecule has 0 aliphatic carbocycles. The van der Waals surface area contributed by atoms with Crippen molar-refractivity contribution in [1.29, 1.82) is 0 Å². The zero-order valence-corrected chi connectivity index (χ0v) is 14.9. The first-order valence-corrected chi connectivity index (χ1v) is 9.44. The number of hydrogen-bond donors (Lipinski definition) is 0. The molecule has 0 unspecified atom stereocenters. The molecule has 2 aromatic carbocycles. The van der Waals surface area contributed by atoms with E-state index in [1.165, 1.54) is 23.5 Å². The zero-order valence-electron chi connectivity index (χ0n) is 13.2. The Kier molecular flexibility index (Phi) is 5.48. The number of aromatic nitrogens is 1. The maximum Gasteiger partial charge on any atom is 0.248 e. The third kappa shape index (κ3) is 4.13. The highest BCUT2D eigenvalue weighted by molar-refractivity contribution is 7.99. The van der Waals surface area contributed by atoms with Crippen molar-refractivity contribution >= 4 is 39.2 Å². The van der Waals surface area contributed by atoms with E-state index in [2.05, 4.69) is 4.99 Å². The van der Waals surface area contributed by atoms with Gasteiger partial charge in [-0.1, -0.05) is 23.5 Å². The highest BCUT2D eigenvalue weighted by Crippen LogP contribution is 2.19. The summed E-state index contributed by atoms with van der Waals surface area (Å²) in [6, 6.07) is 14.4. The molecule has 124 valence electrons. The molecule has 0 atom stereocenters. The second-order valence-corrected chi connectivity index (χ2v) is 7.50. The summed E-state index contributed by atoms with van der Waals surface area (Å²) in [5.74, 6) is 0.479. The largest absolute Gasteiger partial charge is 0.319 e. The fourth-order valence-electron chi connectivity index (χ4n) is 2.30. The number of halogens is 1. The molecule has 1 heterocycles. The van der Waals surface area contributed by atoms with E-state index < -0.39 is 0 Å². The van der Waals surface area contributed by atoms with Crippen LogP contribution in [0.5, 0.6) is 0 Å². The van der Waals surface area contributed by atoms with E-state index in [-0.39, 0.29) is 11.7 Å². The average Bonchev–Trinajstić information content (AvgIpc) is 2.90. The molecule has 3 nitrogen and oxygen atoms in total. The molecule has 0 saturated heterocycles. The maximum absolute atomic E-state index is 12.8. The molecule has 0 N–H and O–H groups in total. The Morgan fingerprint density at radius 1 is 1.21 bits per heavy atom. The molecule has 6 heteroatoms. The van der Waals surface area contributed by atoms with Crippen molar-refractivity contribution in [2.45, 2.75) is 17.7 Å². The van der Waals surface area contributed by atoms with Crippen molar-refractivity contribution in [2.24, 2.45) is 12.0 Å². The van der Waals surface area contributed by atoms with Crippen molar-refractivity contribution in [2.75, 3.05) is 5.75 Å². The first-order chi connectivity index (χ1) is 11.6. The van der Waals surface area contributed by atoms with Gasteiger partial charge in [-0.25, -0.2) is 4.39 Å². The van der Waals surface area contributed by atoms with Gasteiger partial charge >= 0.3 is 0 Å². The van der Waals surface area contributed by atoms with Crippen LogP contribution in [-0.2, 0) is 11.8 Å². The number of para-hydroxylation sites is 1. The van der Waals surface area contributed by atoms with Crippen molar-refractivity contribution < 1.29 is 9.18 Å². The molecule has 0 fully saturated rings. The van der Waals surface area contributed by atoms with Crippen LogP contribution in [0.3, 0.4) is 0 Å². The predicted octanol–water partition coefficient (Wildman–Crippen LogP) is 4.38. The van der Waals surface area contributed by atoms with Crippen LogP contribution >= 0.6 is 23.1 Å². The number of aryl methyl sites for hydroxylation is 1. The summed E-state index contributed by atoms with van der Waals surface area (Å²) < 4.78 is 15.9. The Morgan fingerprint density at radius 2 is 1.96 bits per heavy atom. The summed E-state index contributed by atoms with van der Waals surface area (Å²) in [6.07, 6.45) is 1.17. The normalized spacial score (nSPS) is 12.0. The number of thiazole rings is 1. The monoisotopic (exact) mass is 360 g/mol. The lowest BCUT2D eigenvalue weighted by Crippen LogP contribution is -2.13. The molecular weight excluding hydrogens is 343 g/mol. The van der Waals surface area contributed by atoms with Crippen molar-refractivity contribution in [3.63, 3.8) is 0 Å². The number of amides is 1. The molecule has 3 rings (SSSR count). The van der Waals surface area contributed by atoms with Gasteiger partial charge in [0, 0.05) is 18.4 Å². The number of carbonyl (C=O) groups excluding carboxylic acids is 1. The highest BCUT2D eigenvalue weighted by atomic mass is 32.2. The van der Waals surface area contributed by atoms with Crippen LogP contribution in [0.2, 0.25) is 0 Å². The summed E-state index contributed by atoms with van der Waals surface area (Å²) in [5, 5.41) is 0. The van der Waals surface area contributed by atoms with Crippen LogP contribution in [0.15, 0.2) is 58.4 Å². The van der Waals surface area contributed by atoms with Crippen molar-refractivity contribution in [3.8, 4) is 0 Å².